The maximum absolute atomic E-state index is 12.9. The van der Waals surface area contributed by atoms with Crippen LogP contribution in [0.15, 0.2) is 18.2 Å². The molecular weight excluding hydrogens is 281 g/mol. The van der Waals surface area contributed by atoms with Crippen LogP contribution in [-0.4, -0.2) is 26.1 Å². The molecule has 0 saturated carbocycles. The van der Waals surface area contributed by atoms with Gasteiger partial charge in [0.25, 0.3) is 0 Å². The molecule has 98 valence electrons. The summed E-state index contributed by atoms with van der Waals surface area (Å²) in [7, 11) is -4.69. The van der Waals surface area contributed by atoms with Crippen molar-refractivity contribution in [3.05, 3.63) is 28.8 Å². The Morgan fingerprint density at radius 2 is 2.06 bits per heavy atom. The van der Waals surface area contributed by atoms with Crippen LogP contribution in [-0.2, 0) is 15.0 Å². The van der Waals surface area contributed by atoms with Gasteiger partial charge in [0.15, 0.2) is 0 Å². The molecule has 1 aliphatic heterocycles. The number of carbonyl (C=O) groups is 1. The fraction of sp³-hybridized carbons (Fsp3) is 0.364. The number of hydrogen-bond donors (Lipinski definition) is 0. The lowest BCUT2D eigenvalue weighted by Crippen LogP contribution is -2.26. The topological polar surface area (TPSA) is 54.5 Å². The molecule has 1 aromatic carbocycles. The van der Waals surface area contributed by atoms with Gasteiger partial charge >= 0.3 is 10.2 Å². The molecule has 0 radical (unpaired) electrons. The molecule has 1 unspecified atom stereocenters. The molecule has 1 amide bonds. The summed E-state index contributed by atoms with van der Waals surface area (Å²) in [6.07, 6.45) is -0.329. The number of benzene rings is 1. The molecule has 1 saturated heterocycles. The highest BCUT2D eigenvalue weighted by atomic mass is 35.5. The van der Waals surface area contributed by atoms with E-state index < -0.39 is 21.4 Å². The van der Waals surface area contributed by atoms with Crippen LogP contribution in [0.1, 0.15) is 12.0 Å². The van der Waals surface area contributed by atoms with Crippen LogP contribution in [0.5, 0.6) is 0 Å². The Bertz CT molecular complexity index is 582. The minimum Gasteiger partial charge on any atom is -0.311 e. The maximum atomic E-state index is 12.9. The molecule has 1 atom stereocenters. The van der Waals surface area contributed by atoms with Crippen LogP contribution in [0.2, 0.25) is 5.02 Å². The Morgan fingerprint density at radius 3 is 2.56 bits per heavy atom. The molecule has 0 spiro atoms. The highest BCUT2D eigenvalue weighted by Gasteiger charge is 2.39. The molecule has 7 heteroatoms. The first-order valence-corrected chi connectivity index (χ1v) is 7.11. The van der Waals surface area contributed by atoms with E-state index in [0.717, 1.165) is 5.56 Å². The minimum atomic E-state index is -4.69. The van der Waals surface area contributed by atoms with E-state index in [1.54, 1.807) is 25.1 Å². The van der Waals surface area contributed by atoms with Gasteiger partial charge in [-0.25, -0.2) is 0 Å². The second-order valence-electron chi connectivity index (χ2n) is 4.29. The lowest BCUT2D eigenvalue weighted by atomic mass is 10.2. The summed E-state index contributed by atoms with van der Waals surface area (Å²) in [6.45, 7) is 1.64. The van der Waals surface area contributed by atoms with Crippen molar-refractivity contribution in [1.29, 1.82) is 0 Å². The Labute approximate surface area is 110 Å². The van der Waals surface area contributed by atoms with Crippen LogP contribution in [0, 0.1) is 6.92 Å². The number of nitrogens with zero attached hydrogens (tertiary/aromatic N) is 1. The molecule has 1 fully saturated rings. The van der Waals surface area contributed by atoms with E-state index >= 15 is 0 Å². The quantitative estimate of drug-likeness (QED) is 0.784. The first-order valence-electron chi connectivity index (χ1n) is 5.28. The second kappa shape index (κ2) is 4.51. The molecule has 0 bridgehead atoms. The number of rotatable bonds is 2. The highest BCUT2D eigenvalue weighted by molar-refractivity contribution is 7.87. The third kappa shape index (κ3) is 2.64. The van der Waals surface area contributed by atoms with E-state index in [0.29, 0.717) is 10.7 Å². The number of anilines is 1. The zero-order valence-corrected chi connectivity index (χ0v) is 11.1. The Balaban J connectivity index is 2.32. The molecule has 1 heterocycles. The van der Waals surface area contributed by atoms with E-state index in [9.17, 15) is 17.1 Å². The van der Waals surface area contributed by atoms with Crippen molar-refractivity contribution in [2.24, 2.45) is 0 Å². The van der Waals surface area contributed by atoms with Crippen molar-refractivity contribution in [2.45, 2.75) is 18.6 Å². The molecule has 0 aliphatic carbocycles. The van der Waals surface area contributed by atoms with Gasteiger partial charge in [-0.3, -0.25) is 4.79 Å². The Morgan fingerprint density at radius 1 is 1.39 bits per heavy atom. The van der Waals surface area contributed by atoms with Gasteiger partial charge in [0.05, 0.1) is 0 Å². The monoisotopic (exact) mass is 291 g/mol. The van der Waals surface area contributed by atoms with Crippen molar-refractivity contribution in [3.63, 3.8) is 0 Å². The summed E-state index contributed by atoms with van der Waals surface area (Å²) in [5.74, 6) is -0.414. The molecule has 2 rings (SSSR count). The summed E-state index contributed by atoms with van der Waals surface area (Å²) in [4.78, 5) is 13.0. The first-order chi connectivity index (χ1) is 8.27. The predicted molar refractivity (Wildman–Crippen MR) is 67.0 cm³/mol. The maximum Gasteiger partial charge on any atom is 0.307 e. The van der Waals surface area contributed by atoms with Gasteiger partial charge in [0.1, 0.15) is 5.25 Å². The summed E-state index contributed by atoms with van der Waals surface area (Å²) in [6, 6.07) is 4.98. The molecule has 0 N–H and O–H groups in total. The Hall–Kier alpha value is -1.14. The zero-order chi connectivity index (χ0) is 13.5. The van der Waals surface area contributed by atoms with Gasteiger partial charge in [-0.15, -0.1) is 3.89 Å². The molecule has 0 aromatic heterocycles. The zero-order valence-electron chi connectivity index (χ0n) is 9.56. The van der Waals surface area contributed by atoms with Crippen LogP contribution in [0.4, 0.5) is 9.57 Å². The number of carbonyl (C=O) groups excluding carboxylic acids is 1. The van der Waals surface area contributed by atoms with E-state index in [-0.39, 0.29) is 13.0 Å². The molecule has 1 aromatic rings. The van der Waals surface area contributed by atoms with Gasteiger partial charge in [0, 0.05) is 23.7 Å². The Kier molecular flexibility index (Phi) is 3.33. The summed E-state index contributed by atoms with van der Waals surface area (Å²) in [5.41, 5.74) is 1.34. The van der Waals surface area contributed by atoms with Gasteiger partial charge in [-0.2, -0.15) is 8.42 Å². The van der Waals surface area contributed by atoms with E-state index in [1.165, 1.54) is 4.90 Å². The van der Waals surface area contributed by atoms with Gasteiger partial charge in [-0.05, 0) is 30.7 Å². The lowest BCUT2D eigenvalue weighted by molar-refractivity contribution is -0.117. The molecule has 1 aliphatic rings. The van der Waals surface area contributed by atoms with Crippen molar-refractivity contribution < 1.29 is 17.1 Å². The smallest absolute Gasteiger partial charge is 0.307 e. The van der Waals surface area contributed by atoms with Crippen molar-refractivity contribution >= 4 is 33.4 Å². The fourth-order valence-corrected chi connectivity index (χ4v) is 2.94. The summed E-state index contributed by atoms with van der Waals surface area (Å²) >= 11 is 5.87. The fourth-order valence-electron chi connectivity index (χ4n) is 1.99. The largest absolute Gasteiger partial charge is 0.311 e. The average molecular weight is 292 g/mol. The molecule has 4 nitrogen and oxygen atoms in total. The average Bonchev–Trinajstić information content (AvgIpc) is 2.58. The van der Waals surface area contributed by atoms with Crippen molar-refractivity contribution in [2.75, 3.05) is 11.4 Å². The van der Waals surface area contributed by atoms with Crippen molar-refractivity contribution in [3.8, 4) is 0 Å². The second-order valence-corrected chi connectivity index (χ2v) is 6.35. The van der Waals surface area contributed by atoms with Crippen molar-refractivity contribution in [1.82, 2.24) is 0 Å². The molecular formula is C11H11ClFNO3S. The third-order valence-corrected chi connectivity index (χ3v) is 4.16. The van der Waals surface area contributed by atoms with Crippen LogP contribution in [0.3, 0.4) is 0 Å². The predicted octanol–water partition coefficient (Wildman–Crippen LogP) is 2.05. The van der Waals surface area contributed by atoms with Gasteiger partial charge in [0.2, 0.25) is 5.91 Å². The number of aryl methyl sites for hydroxylation is 1. The molecule has 18 heavy (non-hydrogen) atoms. The normalized spacial score (nSPS) is 20.5. The summed E-state index contributed by atoms with van der Waals surface area (Å²) < 4.78 is 34.5. The van der Waals surface area contributed by atoms with Gasteiger partial charge < -0.3 is 4.90 Å². The van der Waals surface area contributed by atoms with E-state index in [1.807, 2.05) is 0 Å². The number of hydrogen-bond acceptors (Lipinski definition) is 3. The standard InChI is InChI=1S/C11H11ClFNO3S/c1-7-2-8(12)4-9(3-7)14-6-10(5-11(14)15)18(13,16)17/h2-4,10H,5-6H2,1H3. The van der Waals surface area contributed by atoms with Gasteiger partial charge in [-0.1, -0.05) is 11.6 Å². The SMILES string of the molecule is Cc1cc(Cl)cc(N2CC(S(=O)(=O)F)CC2=O)c1. The lowest BCUT2D eigenvalue weighted by Gasteiger charge is -2.17. The number of amides is 1. The third-order valence-electron chi connectivity index (χ3n) is 2.83. The van der Waals surface area contributed by atoms with Crippen LogP contribution < -0.4 is 4.90 Å². The first kappa shape index (κ1) is 13.3. The highest BCUT2D eigenvalue weighted by Crippen LogP contribution is 2.28. The van der Waals surface area contributed by atoms with Crippen LogP contribution in [0.25, 0.3) is 0 Å². The van der Waals surface area contributed by atoms with E-state index in [2.05, 4.69) is 0 Å². The summed E-state index contributed by atoms with van der Waals surface area (Å²) in [5, 5.41) is -0.839. The van der Waals surface area contributed by atoms with E-state index in [4.69, 9.17) is 11.6 Å². The number of halogens is 2. The van der Waals surface area contributed by atoms with Crippen LogP contribution >= 0.6 is 11.6 Å². The minimum absolute atomic E-state index is 0.169.